The number of nitrogens with two attached hydrogens (primary N) is 1. The second-order valence-electron chi connectivity index (χ2n) is 3.95. The van der Waals surface area contributed by atoms with E-state index in [9.17, 15) is 13.2 Å². The minimum atomic E-state index is -3.38. The van der Waals surface area contributed by atoms with Crippen LogP contribution in [0.4, 0.5) is 0 Å². The number of aromatic nitrogens is 2. The molecule has 1 aromatic rings. The number of amides is 1. The van der Waals surface area contributed by atoms with Crippen LogP contribution in [-0.4, -0.2) is 29.3 Å². The highest BCUT2D eigenvalue weighted by Gasteiger charge is 2.51. The summed E-state index contributed by atoms with van der Waals surface area (Å²) >= 11 is 0. The minimum Gasteiger partial charge on any atom is -0.369 e. The summed E-state index contributed by atoms with van der Waals surface area (Å²) in [5.41, 5.74) is 5.21. The fraction of sp³-hybridized carbons (Fsp3) is 0.556. The first-order valence-electron chi connectivity index (χ1n) is 5.01. The lowest BCUT2D eigenvalue weighted by Gasteiger charge is -2.06. The van der Waals surface area contributed by atoms with Gasteiger partial charge in [0, 0.05) is 11.8 Å². The summed E-state index contributed by atoms with van der Waals surface area (Å²) in [5.74, 6) is -0.446. The number of hydrogen-bond donors (Lipinski definition) is 1. The molecule has 1 saturated carbocycles. The van der Waals surface area contributed by atoms with E-state index in [0.29, 0.717) is 18.4 Å². The SMILES string of the molecule is CCS(=O)(=O)n1cc(C2(C(N)=O)CC2)cn1. The van der Waals surface area contributed by atoms with Crippen molar-refractivity contribution in [3.05, 3.63) is 18.0 Å². The molecule has 0 bridgehead atoms. The molecule has 1 heterocycles. The molecule has 1 amide bonds. The Morgan fingerprint density at radius 3 is 2.69 bits per heavy atom. The summed E-state index contributed by atoms with van der Waals surface area (Å²) in [6.45, 7) is 1.54. The molecule has 1 fully saturated rings. The Balaban J connectivity index is 2.38. The van der Waals surface area contributed by atoms with Gasteiger partial charge in [0.1, 0.15) is 0 Å². The number of primary amides is 1. The summed E-state index contributed by atoms with van der Waals surface area (Å²) in [5, 5.41) is 3.77. The molecule has 0 radical (unpaired) electrons. The average molecular weight is 243 g/mol. The average Bonchev–Trinajstić information content (AvgIpc) is 2.89. The normalized spacial score (nSPS) is 18.3. The Labute approximate surface area is 93.5 Å². The molecule has 0 spiro atoms. The van der Waals surface area contributed by atoms with E-state index in [1.54, 1.807) is 0 Å². The Morgan fingerprint density at radius 1 is 1.62 bits per heavy atom. The summed E-state index contributed by atoms with van der Waals surface area (Å²) in [7, 11) is -3.38. The van der Waals surface area contributed by atoms with Crippen LogP contribution in [0.2, 0.25) is 0 Å². The van der Waals surface area contributed by atoms with Crippen LogP contribution in [0, 0.1) is 0 Å². The molecule has 16 heavy (non-hydrogen) atoms. The highest BCUT2D eigenvalue weighted by Crippen LogP contribution is 2.47. The Kier molecular flexibility index (Phi) is 2.30. The van der Waals surface area contributed by atoms with Crippen LogP contribution in [0.1, 0.15) is 25.3 Å². The number of hydrogen-bond acceptors (Lipinski definition) is 4. The van der Waals surface area contributed by atoms with E-state index in [2.05, 4.69) is 5.10 Å². The molecule has 0 atom stereocenters. The van der Waals surface area contributed by atoms with Crippen molar-refractivity contribution in [2.24, 2.45) is 5.73 Å². The fourth-order valence-corrected chi connectivity index (χ4v) is 2.37. The minimum absolute atomic E-state index is 0.0301. The molecule has 0 unspecified atom stereocenters. The van der Waals surface area contributed by atoms with Crippen LogP contribution in [0.5, 0.6) is 0 Å². The maximum Gasteiger partial charge on any atom is 0.253 e. The van der Waals surface area contributed by atoms with Gasteiger partial charge in [0.15, 0.2) is 0 Å². The molecule has 0 saturated heterocycles. The van der Waals surface area contributed by atoms with Gasteiger partial charge < -0.3 is 5.73 Å². The highest BCUT2D eigenvalue weighted by molar-refractivity contribution is 7.89. The van der Waals surface area contributed by atoms with E-state index in [0.717, 1.165) is 4.09 Å². The number of nitrogens with zero attached hydrogens (tertiary/aromatic N) is 2. The third-order valence-corrected chi connectivity index (χ3v) is 4.48. The predicted molar refractivity (Wildman–Crippen MR) is 57.2 cm³/mol. The molecule has 2 rings (SSSR count). The Morgan fingerprint density at radius 2 is 2.25 bits per heavy atom. The van der Waals surface area contributed by atoms with E-state index >= 15 is 0 Å². The van der Waals surface area contributed by atoms with Crippen LogP contribution in [-0.2, 0) is 20.2 Å². The van der Waals surface area contributed by atoms with Crippen LogP contribution in [0.15, 0.2) is 12.4 Å². The van der Waals surface area contributed by atoms with Gasteiger partial charge >= 0.3 is 0 Å². The monoisotopic (exact) mass is 243 g/mol. The molecule has 0 aromatic carbocycles. The highest BCUT2D eigenvalue weighted by atomic mass is 32.2. The van der Waals surface area contributed by atoms with E-state index in [4.69, 9.17) is 5.73 Å². The van der Waals surface area contributed by atoms with Gasteiger partial charge in [-0.25, -0.2) is 8.42 Å². The maximum absolute atomic E-state index is 11.5. The summed E-state index contributed by atoms with van der Waals surface area (Å²) < 4.78 is 23.9. The predicted octanol–water partition coefficient (Wildman–Crippen LogP) is -0.402. The van der Waals surface area contributed by atoms with Crippen molar-refractivity contribution in [1.29, 1.82) is 0 Å². The van der Waals surface area contributed by atoms with Gasteiger partial charge in [0.2, 0.25) is 5.91 Å². The summed E-state index contributed by atoms with van der Waals surface area (Å²) in [4.78, 5) is 11.2. The van der Waals surface area contributed by atoms with Gasteiger partial charge in [0.05, 0.1) is 17.4 Å². The largest absolute Gasteiger partial charge is 0.369 e. The van der Waals surface area contributed by atoms with Gasteiger partial charge in [-0.15, -0.1) is 0 Å². The van der Waals surface area contributed by atoms with Crippen LogP contribution in [0.3, 0.4) is 0 Å². The van der Waals surface area contributed by atoms with E-state index in [1.807, 2.05) is 0 Å². The zero-order chi connectivity index (χ0) is 12.0. The quantitative estimate of drug-likeness (QED) is 0.778. The molecular formula is C9H13N3O3S. The molecule has 88 valence electrons. The lowest BCUT2D eigenvalue weighted by molar-refractivity contribution is -0.120. The lowest BCUT2D eigenvalue weighted by atomic mass is 9.99. The molecule has 1 aliphatic carbocycles. The van der Waals surface area contributed by atoms with Crippen molar-refractivity contribution >= 4 is 15.9 Å². The van der Waals surface area contributed by atoms with E-state index in [-0.39, 0.29) is 5.75 Å². The standard InChI is InChI=1S/C9H13N3O3S/c1-2-16(14,15)12-6-7(5-11-12)9(3-4-9)8(10)13/h5-6H,2-4H2,1H3,(H2,10,13). The van der Waals surface area contributed by atoms with Crippen molar-refractivity contribution in [3.63, 3.8) is 0 Å². The second kappa shape index (κ2) is 3.31. The zero-order valence-corrected chi connectivity index (χ0v) is 9.70. The fourth-order valence-electron chi connectivity index (χ4n) is 1.64. The van der Waals surface area contributed by atoms with Crippen LogP contribution in [0.25, 0.3) is 0 Å². The summed E-state index contributed by atoms with van der Waals surface area (Å²) in [6, 6.07) is 0. The van der Waals surface area contributed by atoms with Gasteiger partial charge in [0.25, 0.3) is 10.0 Å². The summed E-state index contributed by atoms with van der Waals surface area (Å²) in [6.07, 6.45) is 4.13. The molecule has 2 N–H and O–H groups in total. The Bertz CT molecular complexity index is 528. The van der Waals surface area contributed by atoms with E-state index in [1.165, 1.54) is 19.3 Å². The number of rotatable bonds is 4. The van der Waals surface area contributed by atoms with Gasteiger partial charge in [-0.2, -0.15) is 9.19 Å². The number of carbonyl (C=O) groups is 1. The third kappa shape index (κ3) is 1.51. The molecule has 1 aromatic heterocycles. The molecule has 7 heteroatoms. The molecule has 0 aliphatic heterocycles. The second-order valence-corrected chi connectivity index (χ2v) is 6.06. The third-order valence-electron chi connectivity index (χ3n) is 2.98. The first kappa shape index (κ1) is 11.1. The van der Waals surface area contributed by atoms with Crippen molar-refractivity contribution in [2.45, 2.75) is 25.2 Å². The maximum atomic E-state index is 11.5. The molecule has 6 nitrogen and oxygen atoms in total. The smallest absolute Gasteiger partial charge is 0.253 e. The zero-order valence-electron chi connectivity index (χ0n) is 8.88. The first-order chi connectivity index (χ1) is 7.42. The first-order valence-corrected chi connectivity index (χ1v) is 6.61. The number of carbonyl (C=O) groups excluding carboxylic acids is 1. The van der Waals surface area contributed by atoms with Gasteiger partial charge in [-0.3, -0.25) is 4.79 Å². The van der Waals surface area contributed by atoms with Crippen molar-refractivity contribution in [2.75, 3.05) is 5.75 Å². The van der Waals surface area contributed by atoms with E-state index < -0.39 is 21.3 Å². The van der Waals surface area contributed by atoms with Gasteiger partial charge in [-0.05, 0) is 19.8 Å². The van der Waals surface area contributed by atoms with Crippen molar-refractivity contribution in [1.82, 2.24) is 9.19 Å². The van der Waals surface area contributed by atoms with Crippen LogP contribution < -0.4 is 5.73 Å². The lowest BCUT2D eigenvalue weighted by Crippen LogP contribution is -2.28. The Hall–Kier alpha value is -1.37. The molecular weight excluding hydrogens is 230 g/mol. The van der Waals surface area contributed by atoms with Crippen LogP contribution >= 0.6 is 0 Å². The topological polar surface area (TPSA) is 95.0 Å². The van der Waals surface area contributed by atoms with Crippen molar-refractivity contribution < 1.29 is 13.2 Å². The van der Waals surface area contributed by atoms with Crippen molar-refractivity contribution in [3.8, 4) is 0 Å². The van der Waals surface area contributed by atoms with Gasteiger partial charge in [-0.1, -0.05) is 0 Å². The molecule has 1 aliphatic rings.